The van der Waals surface area contributed by atoms with E-state index in [2.05, 4.69) is 17.4 Å². The highest BCUT2D eigenvalue weighted by Gasteiger charge is 1.90. The number of carboxylic acid groups (broad SMARTS) is 1. The second-order valence-corrected chi connectivity index (χ2v) is 1.49. The molecule has 7 N–H and O–H groups in total. The van der Waals surface area contributed by atoms with Crippen LogP contribution in [0.4, 0.5) is 4.79 Å². The lowest BCUT2D eigenvalue weighted by molar-refractivity contribution is -0.136. The van der Waals surface area contributed by atoms with Crippen molar-refractivity contribution in [2.45, 2.75) is 13.3 Å². The minimum atomic E-state index is -0.852. The summed E-state index contributed by atoms with van der Waals surface area (Å²) in [7, 11) is 0. The highest BCUT2D eigenvalue weighted by atomic mass is 16.4. The summed E-state index contributed by atoms with van der Waals surface area (Å²) in [5, 5.41) is 8.03. The Labute approximate surface area is 63.7 Å². The van der Waals surface area contributed by atoms with E-state index < -0.39 is 12.0 Å². The monoisotopic (exact) mass is 164 g/mol. The van der Waals surface area contributed by atoms with Gasteiger partial charge in [0.25, 0.3) is 0 Å². The minimum Gasteiger partial charge on any atom is -0.481 e. The highest BCUT2D eigenvalue weighted by Crippen LogP contribution is 1.67. The van der Waals surface area contributed by atoms with Crippen LogP contribution in [-0.2, 0) is 4.79 Å². The van der Waals surface area contributed by atoms with Crippen molar-refractivity contribution in [2.75, 3.05) is 0 Å². The van der Waals surface area contributed by atoms with Crippen LogP contribution >= 0.6 is 0 Å². The quantitative estimate of drug-likeness (QED) is 0.214. The molecule has 0 aliphatic rings. The summed E-state index contributed by atoms with van der Waals surface area (Å²) in [6.45, 7) is 1.60. The number of hydrogen-bond donors (Lipinski definition) is 4. The zero-order chi connectivity index (χ0) is 9.44. The fourth-order valence-corrected chi connectivity index (χ4v) is 0. The van der Waals surface area contributed by atoms with Crippen LogP contribution in [0.25, 0.3) is 0 Å². The van der Waals surface area contributed by atoms with Gasteiger partial charge in [-0.25, -0.2) is 16.5 Å². The van der Waals surface area contributed by atoms with Crippen LogP contribution in [0.3, 0.4) is 0 Å². The summed E-state index contributed by atoms with van der Waals surface area (Å²) in [5.74, 6) is 8.40. The van der Waals surface area contributed by atoms with Crippen LogP contribution in [0.2, 0.25) is 0 Å². The van der Waals surface area contributed by atoms with Gasteiger partial charge in [-0.15, -0.1) is 0 Å². The molecule has 0 rings (SSSR count). The lowest BCUT2D eigenvalue weighted by Gasteiger charge is -2.00. The fourth-order valence-electron chi connectivity index (χ4n) is 0. The predicted octanol–water partition coefficient (Wildman–Crippen LogP) is -1.40. The third-order valence-electron chi connectivity index (χ3n) is 0.557. The van der Waals surface area contributed by atoms with Crippen molar-refractivity contribution < 1.29 is 14.7 Å². The van der Waals surface area contributed by atoms with E-state index in [1.807, 2.05) is 0 Å². The summed E-state index contributed by atoms with van der Waals surface area (Å²) in [4.78, 5) is 19.0. The smallest absolute Gasteiger partial charge is 0.343 e. The summed E-state index contributed by atoms with van der Waals surface area (Å²) >= 11 is 0. The Morgan fingerprint density at radius 3 is 1.64 bits per heavy atom. The van der Waals surface area contributed by atoms with E-state index in [-0.39, 0.29) is 6.42 Å². The minimum absolute atomic E-state index is 0.222. The highest BCUT2D eigenvalue weighted by molar-refractivity contribution is 5.70. The van der Waals surface area contributed by atoms with Crippen LogP contribution in [0.1, 0.15) is 13.3 Å². The third-order valence-corrected chi connectivity index (χ3v) is 0.557. The van der Waals surface area contributed by atoms with Gasteiger partial charge in [0.15, 0.2) is 0 Å². The first kappa shape index (κ1) is 12.3. The standard InChI is InChI=1S/C3H6O2.CH6N4O/c1-2-3(4)5;2-1(6)5(3)4/h2H2,1H3,(H,4,5);3-4H2,(H2,2,6). The van der Waals surface area contributed by atoms with Crippen molar-refractivity contribution in [1.29, 1.82) is 0 Å². The van der Waals surface area contributed by atoms with E-state index in [0.717, 1.165) is 0 Å². The van der Waals surface area contributed by atoms with E-state index in [1.54, 1.807) is 6.92 Å². The zero-order valence-electron chi connectivity index (χ0n) is 6.15. The van der Waals surface area contributed by atoms with Crippen LogP contribution in [0.15, 0.2) is 0 Å². The Hall–Kier alpha value is -1.34. The van der Waals surface area contributed by atoms with E-state index in [9.17, 15) is 9.59 Å². The molecule has 0 radical (unpaired) electrons. The number of carboxylic acids is 1. The number of nitrogens with two attached hydrogens (primary N) is 3. The molecule has 11 heavy (non-hydrogen) atoms. The van der Waals surface area contributed by atoms with Gasteiger partial charge < -0.3 is 10.8 Å². The molecule has 0 saturated heterocycles. The Morgan fingerprint density at radius 2 is 1.64 bits per heavy atom. The molecule has 0 atom stereocenters. The Bertz CT molecular complexity index is 135. The molecule has 7 nitrogen and oxygen atoms in total. The molecule has 0 aliphatic carbocycles. The Balaban J connectivity index is 0. The molecule has 0 bridgehead atoms. The first-order chi connectivity index (χ1) is 4.91. The van der Waals surface area contributed by atoms with Crippen LogP contribution in [-0.4, -0.2) is 22.2 Å². The molecule has 66 valence electrons. The van der Waals surface area contributed by atoms with Crippen molar-refractivity contribution in [2.24, 2.45) is 17.4 Å². The first-order valence-electron chi connectivity index (χ1n) is 2.72. The van der Waals surface area contributed by atoms with E-state index in [0.29, 0.717) is 5.12 Å². The predicted molar refractivity (Wildman–Crippen MR) is 37.7 cm³/mol. The SMILES string of the molecule is CCC(=O)O.NC(=O)N(N)N. The van der Waals surface area contributed by atoms with Crippen molar-refractivity contribution in [3.8, 4) is 0 Å². The van der Waals surface area contributed by atoms with Crippen molar-refractivity contribution in [3.05, 3.63) is 0 Å². The summed E-state index contributed by atoms with van der Waals surface area (Å²) in [6.07, 6.45) is 0.222. The zero-order valence-corrected chi connectivity index (χ0v) is 6.15. The molecule has 0 aromatic carbocycles. The molecule has 0 fully saturated rings. The molecule has 2 amide bonds. The normalized spacial score (nSPS) is 7.55. The van der Waals surface area contributed by atoms with Gasteiger partial charge in [-0.05, 0) is 0 Å². The number of carbonyl (C=O) groups excluding carboxylic acids is 1. The molecule has 0 saturated carbocycles. The molecule has 0 aromatic heterocycles. The number of primary amides is 1. The second kappa shape index (κ2) is 6.78. The van der Waals surface area contributed by atoms with Gasteiger partial charge in [0, 0.05) is 6.42 Å². The van der Waals surface area contributed by atoms with Gasteiger partial charge in [0.2, 0.25) is 0 Å². The van der Waals surface area contributed by atoms with Crippen molar-refractivity contribution in [3.63, 3.8) is 0 Å². The van der Waals surface area contributed by atoms with Gasteiger partial charge in [-0.3, -0.25) is 4.79 Å². The third kappa shape index (κ3) is 17.7. The van der Waals surface area contributed by atoms with Crippen molar-refractivity contribution >= 4 is 12.0 Å². The van der Waals surface area contributed by atoms with Gasteiger partial charge in [-0.1, -0.05) is 6.92 Å². The Kier molecular flexibility index (Phi) is 7.61. The lowest BCUT2D eigenvalue weighted by Crippen LogP contribution is -2.46. The molecular weight excluding hydrogens is 152 g/mol. The molecular formula is C4H12N4O3. The number of nitrogens with zero attached hydrogens (tertiary/aromatic N) is 1. The number of carbonyl (C=O) groups is 2. The van der Waals surface area contributed by atoms with Gasteiger partial charge >= 0.3 is 12.0 Å². The number of amides is 2. The molecule has 0 unspecified atom stereocenters. The number of aliphatic carboxylic acids is 1. The summed E-state index contributed by atoms with van der Waals surface area (Å²) in [6, 6.07) is -0.852. The largest absolute Gasteiger partial charge is 0.481 e. The maximum atomic E-state index is 9.60. The molecule has 0 aliphatic heterocycles. The number of urea groups is 1. The summed E-state index contributed by atoms with van der Waals surface area (Å²) < 4.78 is 0. The number of hydrogen-bond acceptors (Lipinski definition) is 4. The van der Waals surface area contributed by atoms with Gasteiger partial charge in [-0.2, -0.15) is 5.12 Å². The van der Waals surface area contributed by atoms with Gasteiger partial charge in [0.05, 0.1) is 0 Å². The molecule has 0 aromatic rings. The Morgan fingerprint density at radius 1 is 1.45 bits per heavy atom. The maximum absolute atomic E-state index is 9.60. The van der Waals surface area contributed by atoms with E-state index >= 15 is 0 Å². The van der Waals surface area contributed by atoms with Crippen LogP contribution < -0.4 is 17.4 Å². The summed E-state index contributed by atoms with van der Waals surface area (Å²) in [5.41, 5.74) is 4.47. The van der Waals surface area contributed by atoms with Gasteiger partial charge in [0.1, 0.15) is 0 Å². The van der Waals surface area contributed by atoms with E-state index in [1.165, 1.54) is 0 Å². The number of hydrazine groups is 2. The van der Waals surface area contributed by atoms with Crippen molar-refractivity contribution in [1.82, 2.24) is 5.12 Å². The van der Waals surface area contributed by atoms with Crippen LogP contribution in [0.5, 0.6) is 0 Å². The second-order valence-electron chi connectivity index (χ2n) is 1.49. The maximum Gasteiger partial charge on any atom is 0.343 e. The molecule has 0 spiro atoms. The average Bonchev–Trinajstić information content (AvgIpc) is 1.89. The van der Waals surface area contributed by atoms with Crippen LogP contribution in [0, 0.1) is 0 Å². The topological polar surface area (TPSA) is 136 Å². The molecule has 0 heterocycles. The van der Waals surface area contributed by atoms with E-state index in [4.69, 9.17) is 5.11 Å². The first-order valence-corrected chi connectivity index (χ1v) is 2.72. The number of rotatable bonds is 1. The lowest BCUT2D eigenvalue weighted by atomic mass is 10.5. The average molecular weight is 164 g/mol. The molecule has 7 heteroatoms. The fraction of sp³-hybridized carbons (Fsp3) is 0.500.